The lowest BCUT2D eigenvalue weighted by molar-refractivity contribution is -0.136. The Balaban J connectivity index is 1.68. The Bertz CT molecular complexity index is 456. The molecule has 7 nitrogen and oxygen atoms in total. The number of piperazine rings is 1. The second kappa shape index (κ2) is 9.46. The number of nitriles is 2. The van der Waals surface area contributed by atoms with E-state index >= 15 is 0 Å². The van der Waals surface area contributed by atoms with Gasteiger partial charge in [0.2, 0.25) is 5.91 Å². The Morgan fingerprint density at radius 2 is 1.70 bits per heavy atom. The van der Waals surface area contributed by atoms with Crippen molar-refractivity contribution >= 4 is 5.91 Å². The van der Waals surface area contributed by atoms with E-state index in [0.29, 0.717) is 45.7 Å². The number of rotatable bonds is 6. The highest BCUT2D eigenvalue weighted by molar-refractivity contribution is 5.78. The summed E-state index contributed by atoms with van der Waals surface area (Å²) in [5.41, 5.74) is 0. The van der Waals surface area contributed by atoms with Gasteiger partial charge in [0, 0.05) is 52.2 Å². The summed E-state index contributed by atoms with van der Waals surface area (Å²) in [5.74, 6) is 0.113. The molecule has 0 saturated carbocycles. The third kappa shape index (κ3) is 5.80. The van der Waals surface area contributed by atoms with E-state index in [0.717, 1.165) is 32.7 Å². The van der Waals surface area contributed by atoms with E-state index in [2.05, 4.69) is 21.9 Å². The average Bonchev–Trinajstić information content (AvgIpc) is 2.60. The summed E-state index contributed by atoms with van der Waals surface area (Å²) >= 11 is 0. The van der Waals surface area contributed by atoms with E-state index in [1.807, 2.05) is 4.90 Å². The van der Waals surface area contributed by atoms with Crippen LogP contribution in [0.5, 0.6) is 0 Å². The first-order valence-electron chi connectivity index (χ1n) is 8.29. The summed E-state index contributed by atoms with van der Waals surface area (Å²) in [6.45, 7) is 7.33. The molecule has 7 heteroatoms. The number of hydrogen-bond donors (Lipinski definition) is 0. The number of amides is 1. The van der Waals surface area contributed by atoms with Gasteiger partial charge in [-0.3, -0.25) is 14.6 Å². The standard InChI is InChI=1S/C16H25N5O2/c17-3-1-2-15(12-18)13-19-4-6-20(7-5-19)14-16(22)21-8-10-23-11-9-21/h15H,1-2,4-11,13-14H2. The van der Waals surface area contributed by atoms with Crippen LogP contribution in [0.25, 0.3) is 0 Å². The summed E-state index contributed by atoms with van der Waals surface area (Å²) in [7, 11) is 0. The van der Waals surface area contributed by atoms with Crippen LogP contribution in [0, 0.1) is 28.6 Å². The SMILES string of the molecule is N#CCCC(C#N)CN1CCN(CC(=O)N2CCOCC2)CC1. The Kier molecular flexibility index (Phi) is 7.28. The van der Waals surface area contributed by atoms with Crippen LogP contribution in [0.3, 0.4) is 0 Å². The van der Waals surface area contributed by atoms with Crippen molar-refractivity contribution in [2.24, 2.45) is 5.92 Å². The second-order valence-corrected chi connectivity index (χ2v) is 6.09. The molecule has 0 aromatic carbocycles. The van der Waals surface area contributed by atoms with Gasteiger partial charge < -0.3 is 9.64 Å². The minimum absolute atomic E-state index is 0.0730. The largest absolute Gasteiger partial charge is 0.378 e. The summed E-state index contributed by atoms with van der Waals surface area (Å²) < 4.78 is 5.27. The van der Waals surface area contributed by atoms with Crippen molar-refractivity contribution in [2.45, 2.75) is 12.8 Å². The normalized spacial score (nSPS) is 21.4. The number of hydrogen-bond acceptors (Lipinski definition) is 6. The molecule has 0 aromatic rings. The van der Waals surface area contributed by atoms with Gasteiger partial charge in [0.15, 0.2) is 0 Å². The number of ether oxygens (including phenoxy) is 1. The third-order valence-electron chi connectivity index (χ3n) is 4.45. The minimum atomic E-state index is -0.0730. The Morgan fingerprint density at radius 1 is 1.04 bits per heavy atom. The Morgan fingerprint density at radius 3 is 2.30 bits per heavy atom. The van der Waals surface area contributed by atoms with Crippen LogP contribution in [0.1, 0.15) is 12.8 Å². The van der Waals surface area contributed by atoms with Crippen LogP contribution < -0.4 is 0 Å². The molecule has 0 radical (unpaired) electrons. The van der Waals surface area contributed by atoms with Crippen molar-refractivity contribution in [3.05, 3.63) is 0 Å². The summed E-state index contributed by atoms with van der Waals surface area (Å²) in [4.78, 5) is 18.6. The fourth-order valence-electron chi connectivity index (χ4n) is 2.98. The van der Waals surface area contributed by atoms with Gasteiger partial charge in [-0.25, -0.2) is 0 Å². The number of carbonyl (C=O) groups is 1. The van der Waals surface area contributed by atoms with Gasteiger partial charge in [0.05, 0.1) is 37.8 Å². The van der Waals surface area contributed by atoms with Crippen molar-refractivity contribution in [1.29, 1.82) is 10.5 Å². The molecule has 23 heavy (non-hydrogen) atoms. The van der Waals surface area contributed by atoms with E-state index in [9.17, 15) is 4.79 Å². The van der Waals surface area contributed by atoms with Crippen molar-refractivity contribution in [3.63, 3.8) is 0 Å². The molecular formula is C16H25N5O2. The summed E-state index contributed by atoms with van der Waals surface area (Å²) in [6.07, 6.45) is 1.08. The Hall–Kier alpha value is -1.67. The molecule has 0 aliphatic carbocycles. The summed E-state index contributed by atoms with van der Waals surface area (Å²) in [5, 5.41) is 17.8. The molecule has 2 aliphatic rings. The van der Waals surface area contributed by atoms with Crippen LogP contribution in [0.15, 0.2) is 0 Å². The van der Waals surface area contributed by atoms with Crippen LogP contribution in [-0.4, -0.2) is 86.2 Å². The maximum Gasteiger partial charge on any atom is 0.236 e. The number of carbonyl (C=O) groups excluding carboxylic acids is 1. The maximum absolute atomic E-state index is 12.2. The third-order valence-corrected chi connectivity index (χ3v) is 4.45. The fourth-order valence-corrected chi connectivity index (χ4v) is 2.98. The first kappa shape index (κ1) is 17.7. The highest BCUT2D eigenvalue weighted by Gasteiger charge is 2.24. The molecule has 0 aromatic heterocycles. The van der Waals surface area contributed by atoms with Crippen molar-refractivity contribution in [3.8, 4) is 12.1 Å². The number of morpholine rings is 1. The number of nitrogens with zero attached hydrogens (tertiary/aromatic N) is 5. The molecule has 0 spiro atoms. The summed E-state index contributed by atoms with van der Waals surface area (Å²) in [6, 6.07) is 4.39. The molecule has 1 atom stereocenters. The van der Waals surface area contributed by atoms with Gasteiger partial charge >= 0.3 is 0 Å². The molecule has 126 valence electrons. The second-order valence-electron chi connectivity index (χ2n) is 6.09. The molecule has 2 heterocycles. The molecule has 2 aliphatic heterocycles. The van der Waals surface area contributed by atoms with Crippen LogP contribution in [0.4, 0.5) is 0 Å². The Labute approximate surface area is 138 Å². The quantitative estimate of drug-likeness (QED) is 0.680. The van der Waals surface area contributed by atoms with Crippen LogP contribution >= 0.6 is 0 Å². The molecule has 2 saturated heterocycles. The molecule has 0 N–H and O–H groups in total. The van der Waals surface area contributed by atoms with Crippen LogP contribution in [0.2, 0.25) is 0 Å². The van der Waals surface area contributed by atoms with Gasteiger partial charge in [-0.1, -0.05) is 0 Å². The topological polar surface area (TPSA) is 83.6 Å². The zero-order chi connectivity index (χ0) is 16.5. The minimum Gasteiger partial charge on any atom is -0.378 e. The van der Waals surface area contributed by atoms with E-state index in [-0.39, 0.29) is 11.8 Å². The molecule has 2 rings (SSSR count). The molecule has 1 amide bonds. The lowest BCUT2D eigenvalue weighted by Gasteiger charge is -2.36. The van der Waals surface area contributed by atoms with Gasteiger partial charge in [-0.15, -0.1) is 0 Å². The van der Waals surface area contributed by atoms with Crippen molar-refractivity contribution in [1.82, 2.24) is 14.7 Å². The molecule has 2 fully saturated rings. The zero-order valence-electron chi connectivity index (χ0n) is 13.6. The fraction of sp³-hybridized carbons (Fsp3) is 0.812. The van der Waals surface area contributed by atoms with Gasteiger partial charge in [-0.2, -0.15) is 10.5 Å². The lowest BCUT2D eigenvalue weighted by Crippen LogP contribution is -2.52. The smallest absolute Gasteiger partial charge is 0.236 e. The van der Waals surface area contributed by atoms with E-state index in [1.54, 1.807) is 0 Å². The monoisotopic (exact) mass is 319 g/mol. The lowest BCUT2D eigenvalue weighted by atomic mass is 10.0. The maximum atomic E-state index is 12.2. The van der Waals surface area contributed by atoms with Gasteiger partial charge in [0.1, 0.15) is 0 Å². The molecular weight excluding hydrogens is 294 g/mol. The average molecular weight is 319 g/mol. The first-order valence-corrected chi connectivity index (χ1v) is 8.29. The predicted molar refractivity (Wildman–Crippen MR) is 84.2 cm³/mol. The van der Waals surface area contributed by atoms with Gasteiger partial charge in [-0.05, 0) is 6.42 Å². The van der Waals surface area contributed by atoms with Crippen molar-refractivity contribution < 1.29 is 9.53 Å². The van der Waals surface area contributed by atoms with Crippen LogP contribution in [-0.2, 0) is 9.53 Å². The highest BCUT2D eigenvalue weighted by Crippen LogP contribution is 2.10. The van der Waals surface area contributed by atoms with E-state index < -0.39 is 0 Å². The molecule has 0 bridgehead atoms. The first-order chi connectivity index (χ1) is 11.2. The van der Waals surface area contributed by atoms with E-state index in [4.69, 9.17) is 15.3 Å². The van der Waals surface area contributed by atoms with Crippen molar-refractivity contribution in [2.75, 3.05) is 65.6 Å². The molecule has 1 unspecified atom stereocenters. The van der Waals surface area contributed by atoms with Gasteiger partial charge in [0.25, 0.3) is 0 Å². The van der Waals surface area contributed by atoms with E-state index in [1.165, 1.54) is 0 Å². The zero-order valence-corrected chi connectivity index (χ0v) is 13.6. The predicted octanol–water partition coefficient (Wildman–Crippen LogP) is -0.0936. The highest BCUT2D eigenvalue weighted by atomic mass is 16.5.